The van der Waals surface area contributed by atoms with Crippen LogP contribution in [0.5, 0.6) is 0 Å². The van der Waals surface area contributed by atoms with E-state index in [1.807, 2.05) is 0 Å². The molecule has 0 bridgehead atoms. The Kier molecular flexibility index (Phi) is 10.3. The maximum atomic E-state index is 11.7. The molecule has 0 fully saturated rings. The molecule has 0 aromatic carbocycles. The van der Waals surface area contributed by atoms with E-state index in [4.69, 9.17) is 0 Å². The average Bonchev–Trinajstić information content (AvgIpc) is 2.26. The van der Waals surface area contributed by atoms with Crippen molar-refractivity contribution >= 4 is 11.6 Å². The third kappa shape index (κ3) is 12.1. The van der Waals surface area contributed by atoms with Gasteiger partial charge in [-0.2, -0.15) is 0 Å². The van der Waals surface area contributed by atoms with Gasteiger partial charge in [-0.15, -0.1) is 0 Å². The van der Waals surface area contributed by atoms with Crippen molar-refractivity contribution in [1.82, 2.24) is 0 Å². The Hall–Kier alpha value is -0.920. The highest BCUT2D eigenvalue weighted by atomic mass is 16.1. The van der Waals surface area contributed by atoms with E-state index in [1.165, 1.54) is 5.57 Å². The Morgan fingerprint density at radius 2 is 1.65 bits per heavy atom. The van der Waals surface area contributed by atoms with Crippen LogP contribution in [-0.2, 0) is 9.59 Å². The lowest BCUT2D eigenvalue weighted by molar-refractivity contribution is -0.120. The monoisotopic (exact) mass is 280 g/mol. The van der Waals surface area contributed by atoms with Crippen LogP contribution in [0.25, 0.3) is 0 Å². The van der Waals surface area contributed by atoms with E-state index in [2.05, 4.69) is 33.8 Å². The molecule has 2 nitrogen and oxygen atoms in total. The molecule has 0 radical (unpaired) electrons. The van der Waals surface area contributed by atoms with Gasteiger partial charge >= 0.3 is 0 Å². The molecule has 0 aliphatic carbocycles. The zero-order chi connectivity index (χ0) is 15.5. The molecular weight excluding hydrogens is 248 g/mol. The van der Waals surface area contributed by atoms with Gasteiger partial charge in [0.05, 0.1) is 0 Å². The molecular formula is C18H32O2. The number of hydrogen-bond donors (Lipinski definition) is 0. The minimum atomic E-state index is 0.256. The van der Waals surface area contributed by atoms with Gasteiger partial charge in [-0.1, -0.05) is 32.4 Å². The molecule has 116 valence electrons. The average molecular weight is 280 g/mol. The van der Waals surface area contributed by atoms with E-state index in [0.29, 0.717) is 30.5 Å². The summed E-state index contributed by atoms with van der Waals surface area (Å²) < 4.78 is 0. The summed E-state index contributed by atoms with van der Waals surface area (Å²) in [4.78, 5) is 22.6. The first-order valence-corrected chi connectivity index (χ1v) is 7.98. The Bertz CT molecular complexity index is 326. The van der Waals surface area contributed by atoms with Crippen LogP contribution < -0.4 is 0 Å². The number of carbonyl (C=O) groups excluding carboxylic acids is 2. The van der Waals surface area contributed by atoms with Crippen LogP contribution in [0.3, 0.4) is 0 Å². The van der Waals surface area contributed by atoms with Gasteiger partial charge in [0.2, 0.25) is 0 Å². The first-order chi connectivity index (χ1) is 9.31. The first-order valence-electron chi connectivity index (χ1n) is 7.98. The van der Waals surface area contributed by atoms with Gasteiger partial charge in [-0.3, -0.25) is 4.79 Å². The Morgan fingerprint density at radius 1 is 1.00 bits per heavy atom. The summed E-state index contributed by atoms with van der Waals surface area (Å²) in [5.41, 5.74) is 1.37. The lowest BCUT2D eigenvalue weighted by Gasteiger charge is -2.11. The van der Waals surface area contributed by atoms with Gasteiger partial charge in [0.1, 0.15) is 11.6 Å². The van der Waals surface area contributed by atoms with Gasteiger partial charge in [-0.25, -0.2) is 0 Å². The van der Waals surface area contributed by atoms with Crippen molar-refractivity contribution in [2.24, 2.45) is 11.8 Å². The summed E-state index contributed by atoms with van der Waals surface area (Å²) in [5, 5.41) is 0. The number of hydrogen-bond acceptors (Lipinski definition) is 2. The SMILES string of the molecule is CC(=O)CC/C=C(\C)CCC[C@@H](C)CC(=O)CC(C)C. The predicted molar refractivity (Wildman–Crippen MR) is 85.8 cm³/mol. The second-order valence-corrected chi connectivity index (χ2v) is 6.63. The molecule has 0 amide bonds. The number of Topliss-reactive ketones (excluding diaryl/α,β-unsaturated/α-hetero) is 2. The van der Waals surface area contributed by atoms with Crippen LogP contribution in [0, 0.1) is 11.8 Å². The van der Waals surface area contributed by atoms with E-state index >= 15 is 0 Å². The van der Waals surface area contributed by atoms with Gasteiger partial charge in [-0.05, 0) is 51.4 Å². The summed E-state index contributed by atoms with van der Waals surface area (Å²) in [7, 11) is 0. The van der Waals surface area contributed by atoms with E-state index in [-0.39, 0.29) is 5.78 Å². The number of allylic oxidation sites excluding steroid dienone is 2. The van der Waals surface area contributed by atoms with Crippen molar-refractivity contribution in [3.63, 3.8) is 0 Å². The normalized spacial score (nSPS) is 13.6. The lowest BCUT2D eigenvalue weighted by atomic mass is 9.93. The second-order valence-electron chi connectivity index (χ2n) is 6.63. The highest BCUT2D eigenvalue weighted by Crippen LogP contribution is 2.17. The lowest BCUT2D eigenvalue weighted by Crippen LogP contribution is -2.08. The van der Waals surface area contributed by atoms with Crippen LogP contribution in [-0.4, -0.2) is 11.6 Å². The highest BCUT2D eigenvalue weighted by molar-refractivity contribution is 5.78. The minimum absolute atomic E-state index is 0.256. The second kappa shape index (κ2) is 10.8. The van der Waals surface area contributed by atoms with Crippen molar-refractivity contribution in [2.75, 3.05) is 0 Å². The molecule has 0 rings (SSSR count). The third-order valence-corrected chi connectivity index (χ3v) is 3.47. The molecule has 2 heteroatoms. The molecule has 20 heavy (non-hydrogen) atoms. The zero-order valence-electron chi connectivity index (χ0n) is 14.0. The largest absolute Gasteiger partial charge is 0.300 e. The summed E-state index contributed by atoms with van der Waals surface area (Å²) >= 11 is 0. The highest BCUT2D eigenvalue weighted by Gasteiger charge is 2.10. The molecule has 0 unspecified atom stereocenters. The number of rotatable bonds is 11. The molecule has 0 heterocycles. The Morgan fingerprint density at radius 3 is 2.20 bits per heavy atom. The number of carbonyl (C=O) groups is 2. The molecule has 0 saturated heterocycles. The maximum Gasteiger partial charge on any atom is 0.133 e. The third-order valence-electron chi connectivity index (χ3n) is 3.47. The van der Waals surface area contributed by atoms with E-state index in [9.17, 15) is 9.59 Å². The van der Waals surface area contributed by atoms with E-state index in [0.717, 1.165) is 32.1 Å². The van der Waals surface area contributed by atoms with Crippen molar-refractivity contribution in [3.05, 3.63) is 11.6 Å². The van der Waals surface area contributed by atoms with Crippen molar-refractivity contribution in [2.45, 2.75) is 79.6 Å². The van der Waals surface area contributed by atoms with Crippen LogP contribution in [0.4, 0.5) is 0 Å². The molecule has 0 aromatic heterocycles. The Balaban J connectivity index is 3.77. The van der Waals surface area contributed by atoms with E-state index in [1.54, 1.807) is 6.92 Å². The van der Waals surface area contributed by atoms with Gasteiger partial charge in [0.25, 0.3) is 0 Å². The zero-order valence-corrected chi connectivity index (χ0v) is 14.0. The van der Waals surface area contributed by atoms with E-state index < -0.39 is 0 Å². The smallest absolute Gasteiger partial charge is 0.133 e. The van der Waals surface area contributed by atoms with Crippen LogP contribution >= 0.6 is 0 Å². The van der Waals surface area contributed by atoms with Crippen molar-refractivity contribution in [3.8, 4) is 0 Å². The quantitative estimate of drug-likeness (QED) is 0.493. The standard InChI is InChI=1S/C18H32O2/c1-14(2)12-18(20)13-16(4)10-6-8-15(3)9-7-11-17(5)19/h9,14,16H,6-8,10-13H2,1-5H3/b15-9+/t16-/m1/s1. The first kappa shape index (κ1) is 19.1. The summed E-state index contributed by atoms with van der Waals surface area (Å²) in [6.07, 6.45) is 8.47. The molecule has 0 N–H and O–H groups in total. The molecule has 0 spiro atoms. The molecule has 0 saturated carbocycles. The van der Waals surface area contributed by atoms with Crippen molar-refractivity contribution < 1.29 is 9.59 Å². The number of ketones is 2. The van der Waals surface area contributed by atoms with Gasteiger partial charge < -0.3 is 4.79 Å². The summed E-state index contributed by atoms with van der Waals surface area (Å²) in [5.74, 6) is 1.62. The molecule has 0 aromatic rings. The summed E-state index contributed by atoms with van der Waals surface area (Å²) in [6, 6.07) is 0. The van der Waals surface area contributed by atoms with Crippen LogP contribution in [0.15, 0.2) is 11.6 Å². The Labute approximate surface area is 125 Å². The predicted octanol–water partition coefficient (Wildman–Crippen LogP) is 5.11. The van der Waals surface area contributed by atoms with Crippen LogP contribution in [0.1, 0.15) is 79.6 Å². The van der Waals surface area contributed by atoms with Crippen LogP contribution in [0.2, 0.25) is 0 Å². The molecule has 1 atom stereocenters. The summed E-state index contributed by atoms with van der Waals surface area (Å²) in [6.45, 7) is 10.1. The molecule has 0 aliphatic heterocycles. The topological polar surface area (TPSA) is 34.1 Å². The fraction of sp³-hybridized carbons (Fsp3) is 0.778. The minimum Gasteiger partial charge on any atom is -0.300 e. The fourth-order valence-electron chi connectivity index (χ4n) is 2.38. The maximum absolute atomic E-state index is 11.7. The van der Waals surface area contributed by atoms with Gasteiger partial charge in [0.15, 0.2) is 0 Å². The van der Waals surface area contributed by atoms with Gasteiger partial charge in [0, 0.05) is 19.3 Å². The molecule has 0 aliphatic rings. The fourth-order valence-corrected chi connectivity index (χ4v) is 2.38. The van der Waals surface area contributed by atoms with Crippen molar-refractivity contribution in [1.29, 1.82) is 0 Å².